The van der Waals surface area contributed by atoms with Gasteiger partial charge in [-0.1, -0.05) is 31.2 Å². The summed E-state index contributed by atoms with van der Waals surface area (Å²) in [7, 11) is 0. The molecule has 0 aromatic heterocycles. The molecule has 0 saturated heterocycles. The minimum atomic E-state index is -0.503. The number of nitrogens with one attached hydrogen (secondary N) is 1. The zero-order valence-corrected chi connectivity index (χ0v) is 13.9. The van der Waals surface area contributed by atoms with Crippen LogP contribution >= 0.6 is 11.8 Å². The highest BCUT2D eigenvalue weighted by Crippen LogP contribution is 2.25. The van der Waals surface area contributed by atoms with E-state index in [4.69, 9.17) is 4.74 Å². The molecule has 3 nitrogen and oxygen atoms in total. The van der Waals surface area contributed by atoms with E-state index in [0.717, 1.165) is 21.9 Å². The Kier molecular flexibility index (Phi) is 5.90. The monoisotopic (exact) mass is 315 g/mol. The Balaban J connectivity index is 2.09. The second kappa shape index (κ2) is 7.90. The first kappa shape index (κ1) is 16.4. The number of rotatable bonds is 6. The maximum atomic E-state index is 12.5. The molecule has 2 aromatic rings. The highest BCUT2D eigenvalue weighted by molar-refractivity contribution is 7.98. The lowest BCUT2D eigenvalue weighted by molar-refractivity contribution is -0.122. The largest absolute Gasteiger partial charge is 0.481 e. The molecule has 116 valence electrons. The predicted octanol–water partition coefficient (Wildman–Crippen LogP) is 4.51. The minimum absolute atomic E-state index is 0.120. The Morgan fingerprint density at radius 1 is 1.23 bits per heavy atom. The standard InChI is InChI=1S/C18H21NO2S/c1-4-16(21-14-9-7-8-13(2)12-14)18(20)19-15-10-5-6-11-17(15)22-3/h5-12,16H,4H2,1-3H3,(H,19,20)/t16-/m1/s1. The number of anilines is 1. The first-order valence-corrected chi connectivity index (χ1v) is 8.53. The summed E-state index contributed by atoms with van der Waals surface area (Å²) in [5, 5.41) is 2.96. The van der Waals surface area contributed by atoms with Crippen molar-refractivity contribution in [1.82, 2.24) is 0 Å². The lowest BCUT2D eigenvalue weighted by Crippen LogP contribution is -2.32. The summed E-state index contributed by atoms with van der Waals surface area (Å²) in [5.41, 5.74) is 1.94. The Hall–Kier alpha value is -1.94. The molecule has 2 aromatic carbocycles. The molecule has 1 atom stereocenters. The topological polar surface area (TPSA) is 38.3 Å². The molecule has 0 aliphatic rings. The van der Waals surface area contributed by atoms with Crippen molar-refractivity contribution in [2.45, 2.75) is 31.3 Å². The van der Waals surface area contributed by atoms with Crippen molar-refractivity contribution in [2.24, 2.45) is 0 Å². The summed E-state index contributed by atoms with van der Waals surface area (Å²) in [6.45, 7) is 3.95. The van der Waals surface area contributed by atoms with E-state index in [1.54, 1.807) is 11.8 Å². The van der Waals surface area contributed by atoms with Crippen molar-refractivity contribution < 1.29 is 9.53 Å². The van der Waals surface area contributed by atoms with E-state index in [-0.39, 0.29) is 5.91 Å². The quantitative estimate of drug-likeness (QED) is 0.797. The van der Waals surface area contributed by atoms with E-state index in [1.165, 1.54) is 0 Å². The first-order valence-electron chi connectivity index (χ1n) is 7.31. The second-order valence-electron chi connectivity index (χ2n) is 5.02. The SMILES string of the molecule is CC[C@@H](Oc1cccc(C)c1)C(=O)Nc1ccccc1SC. The number of carbonyl (C=O) groups excluding carboxylic acids is 1. The van der Waals surface area contributed by atoms with Gasteiger partial charge in [0.15, 0.2) is 6.10 Å². The number of carbonyl (C=O) groups is 1. The van der Waals surface area contributed by atoms with Crippen LogP contribution in [0.1, 0.15) is 18.9 Å². The fourth-order valence-corrected chi connectivity index (χ4v) is 2.69. The van der Waals surface area contributed by atoms with E-state index in [0.29, 0.717) is 6.42 Å². The number of benzene rings is 2. The third kappa shape index (κ3) is 4.28. The van der Waals surface area contributed by atoms with Crippen LogP contribution in [-0.4, -0.2) is 18.3 Å². The average molecular weight is 315 g/mol. The molecule has 0 aliphatic heterocycles. The van der Waals surface area contributed by atoms with Crippen LogP contribution in [0.4, 0.5) is 5.69 Å². The summed E-state index contributed by atoms with van der Waals surface area (Å²) < 4.78 is 5.83. The first-order chi connectivity index (χ1) is 10.6. The number of hydrogen-bond donors (Lipinski definition) is 1. The zero-order valence-electron chi connectivity index (χ0n) is 13.1. The molecule has 0 unspecified atom stereocenters. The molecule has 0 radical (unpaired) electrons. The van der Waals surface area contributed by atoms with Crippen molar-refractivity contribution >= 4 is 23.4 Å². The lowest BCUT2D eigenvalue weighted by atomic mass is 10.2. The highest BCUT2D eigenvalue weighted by Gasteiger charge is 2.19. The normalized spacial score (nSPS) is 11.8. The van der Waals surface area contributed by atoms with Crippen LogP contribution in [0.2, 0.25) is 0 Å². The fourth-order valence-electron chi connectivity index (χ4n) is 2.14. The van der Waals surface area contributed by atoms with E-state index in [9.17, 15) is 4.79 Å². The Morgan fingerprint density at radius 2 is 2.00 bits per heavy atom. The second-order valence-corrected chi connectivity index (χ2v) is 5.87. The van der Waals surface area contributed by atoms with Gasteiger partial charge in [0.1, 0.15) is 5.75 Å². The Morgan fingerprint density at radius 3 is 2.68 bits per heavy atom. The van der Waals surface area contributed by atoms with Gasteiger partial charge in [-0.15, -0.1) is 11.8 Å². The van der Waals surface area contributed by atoms with Gasteiger partial charge in [-0.2, -0.15) is 0 Å². The van der Waals surface area contributed by atoms with Crippen LogP contribution in [0.25, 0.3) is 0 Å². The molecule has 0 spiro atoms. The number of ether oxygens (including phenoxy) is 1. The summed E-state index contributed by atoms with van der Waals surface area (Å²) in [6, 6.07) is 15.5. The molecule has 0 aliphatic carbocycles. The molecule has 0 bridgehead atoms. The average Bonchev–Trinajstić information content (AvgIpc) is 2.53. The maximum absolute atomic E-state index is 12.5. The smallest absolute Gasteiger partial charge is 0.265 e. The number of thioether (sulfide) groups is 1. The van der Waals surface area contributed by atoms with Crippen molar-refractivity contribution in [3.8, 4) is 5.75 Å². The van der Waals surface area contributed by atoms with E-state index in [2.05, 4.69) is 5.32 Å². The Labute approximate surface area is 136 Å². The van der Waals surface area contributed by atoms with Crippen molar-refractivity contribution in [3.63, 3.8) is 0 Å². The minimum Gasteiger partial charge on any atom is -0.481 e. The fraction of sp³-hybridized carbons (Fsp3) is 0.278. The highest BCUT2D eigenvalue weighted by atomic mass is 32.2. The molecule has 0 fully saturated rings. The van der Waals surface area contributed by atoms with Gasteiger partial charge in [-0.05, 0) is 49.4 Å². The van der Waals surface area contributed by atoms with Crippen LogP contribution < -0.4 is 10.1 Å². The number of aryl methyl sites for hydroxylation is 1. The van der Waals surface area contributed by atoms with Gasteiger partial charge in [-0.3, -0.25) is 4.79 Å². The third-order valence-corrected chi connectivity index (χ3v) is 4.09. The molecule has 2 rings (SSSR count). The maximum Gasteiger partial charge on any atom is 0.265 e. The molecular weight excluding hydrogens is 294 g/mol. The van der Waals surface area contributed by atoms with Gasteiger partial charge >= 0.3 is 0 Å². The van der Waals surface area contributed by atoms with Gasteiger partial charge < -0.3 is 10.1 Å². The van der Waals surface area contributed by atoms with Gasteiger partial charge in [0.2, 0.25) is 0 Å². The molecule has 1 N–H and O–H groups in total. The van der Waals surface area contributed by atoms with Gasteiger partial charge in [0, 0.05) is 4.90 Å². The lowest BCUT2D eigenvalue weighted by Gasteiger charge is -2.18. The van der Waals surface area contributed by atoms with Gasteiger partial charge in [-0.25, -0.2) is 0 Å². The van der Waals surface area contributed by atoms with Gasteiger partial charge in [0.05, 0.1) is 5.69 Å². The molecule has 0 saturated carbocycles. The van der Waals surface area contributed by atoms with Crippen LogP contribution in [0.15, 0.2) is 53.4 Å². The van der Waals surface area contributed by atoms with Crippen LogP contribution in [0.3, 0.4) is 0 Å². The van der Waals surface area contributed by atoms with Crippen LogP contribution in [-0.2, 0) is 4.79 Å². The molecule has 0 heterocycles. The summed E-state index contributed by atoms with van der Waals surface area (Å²) >= 11 is 1.61. The summed E-state index contributed by atoms with van der Waals surface area (Å²) in [4.78, 5) is 13.5. The molecule has 22 heavy (non-hydrogen) atoms. The molecule has 4 heteroatoms. The van der Waals surface area contributed by atoms with Crippen molar-refractivity contribution in [3.05, 3.63) is 54.1 Å². The van der Waals surface area contributed by atoms with Crippen LogP contribution in [0.5, 0.6) is 5.75 Å². The van der Waals surface area contributed by atoms with Gasteiger partial charge in [0.25, 0.3) is 5.91 Å². The van der Waals surface area contributed by atoms with Crippen LogP contribution in [0, 0.1) is 6.92 Å². The van der Waals surface area contributed by atoms with E-state index in [1.807, 2.05) is 68.6 Å². The third-order valence-electron chi connectivity index (χ3n) is 3.30. The predicted molar refractivity (Wildman–Crippen MR) is 92.7 cm³/mol. The van der Waals surface area contributed by atoms with E-state index < -0.39 is 6.10 Å². The van der Waals surface area contributed by atoms with E-state index >= 15 is 0 Å². The van der Waals surface area contributed by atoms with Crippen molar-refractivity contribution in [1.29, 1.82) is 0 Å². The molecular formula is C18H21NO2S. The number of amides is 1. The summed E-state index contributed by atoms with van der Waals surface area (Å²) in [6.07, 6.45) is 2.10. The molecule has 1 amide bonds. The van der Waals surface area contributed by atoms with Crippen molar-refractivity contribution in [2.75, 3.05) is 11.6 Å². The zero-order chi connectivity index (χ0) is 15.9. The number of hydrogen-bond acceptors (Lipinski definition) is 3. The Bertz CT molecular complexity index is 642. The number of para-hydroxylation sites is 1. The summed E-state index contributed by atoms with van der Waals surface area (Å²) in [5.74, 6) is 0.602.